The van der Waals surface area contributed by atoms with Gasteiger partial charge < -0.3 is 10.6 Å². The first-order valence-corrected chi connectivity index (χ1v) is 12.6. The highest BCUT2D eigenvalue weighted by molar-refractivity contribution is 7.13. The summed E-state index contributed by atoms with van der Waals surface area (Å²) in [4.78, 5) is 42.9. The van der Waals surface area contributed by atoms with E-state index in [1.165, 1.54) is 23.5 Å². The zero-order chi connectivity index (χ0) is 26.0. The van der Waals surface area contributed by atoms with Crippen molar-refractivity contribution in [3.63, 3.8) is 0 Å². The molecule has 188 valence electrons. The van der Waals surface area contributed by atoms with Crippen molar-refractivity contribution < 1.29 is 18.8 Å². The first-order valence-electron chi connectivity index (χ1n) is 11.8. The standard InChI is InChI=1S/C27H29FN4O3S/c1-15-20(12-17(13-22(15)28)24(34)31-18-6-7-18)19-8-5-16(23(33)30-14-27(2,3)4)11-21(19)25(35)32-26-29-9-10-36-26/h5,8-13,18H,6-7,14H2,1-4H3,(H,30,33)(H,31,34)(H,29,32,35). The van der Waals surface area contributed by atoms with Crippen LogP contribution in [0.3, 0.4) is 0 Å². The molecule has 0 radical (unpaired) electrons. The van der Waals surface area contributed by atoms with Crippen molar-refractivity contribution in [2.45, 2.75) is 46.6 Å². The van der Waals surface area contributed by atoms with Crippen molar-refractivity contribution >= 4 is 34.2 Å². The molecule has 0 spiro atoms. The van der Waals surface area contributed by atoms with Crippen LogP contribution in [-0.2, 0) is 0 Å². The lowest BCUT2D eigenvalue weighted by Gasteiger charge is -2.19. The highest BCUT2D eigenvalue weighted by atomic mass is 32.1. The zero-order valence-electron chi connectivity index (χ0n) is 20.7. The molecule has 0 bridgehead atoms. The third kappa shape index (κ3) is 6.15. The van der Waals surface area contributed by atoms with Crippen LogP contribution in [0.15, 0.2) is 41.9 Å². The van der Waals surface area contributed by atoms with E-state index in [1.807, 2.05) is 20.8 Å². The first-order chi connectivity index (χ1) is 17.0. The number of thiazole rings is 1. The van der Waals surface area contributed by atoms with Gasteiger partial charge in [0.2, 0.25) is 0 Å². The van der Waals surface area contributed by atoms with E-state index in [2.05, 4.69) is 20.9 Å². The molecule has 9 heteroatoms. The van der Waals surface area contributed by atoms with E-state index in [9.17, 15) is 18.8 Å². The highest BCUT2D eigenvalue weighted by Crippen LogP contribution is 2.32. The molecule has 1 saturated carbocycles. The molecular weight excluding hydrogens is 479 g/mol. The summed E-state index contributed by atoms with van der Waals surface area (Å²) in [6.07, 6.45) is 3.39. The quantitative estimate of drug-likeness (QED) is 0.410. The normalized spacial score (nSPS) is 13.2. The van der Waals surface area contributed by atoms with Crippen LogP contribution in [0.25, 0.3) is 11.1 Å². The van der Waals surface area contributed by atoms with Gasteiger partial charge in [-0.3, -0.25) is 19.7 Å². The molecule has 3 amide bonds. The van der Waals surface area contributed by atoms with Gasteiger partial charge in [0.05, 0.1) is 0 Å². The topological polar surface area (TPSA) is 100 Å². The van der Waals surface area contributed by atoms with Gasteiger partial charge >= 0.3 is 0 Å². The minimum absolute atomic E-state index is 0.114. The smallest absolute Gasteiger partial charge is 0.258 e. The second-order valence-corrected chi connectivity index (χ2v) is 11.1. The van der Waals surface area contributed by atoms with Crippen molar-refractivity contribution in [1.29, 1.82) is 0 Å². The van der Waals surface area contributed by atoms with Gasteiger partial charge in [0.15, 0.2) is 5.13 Å². The third-order valence-electron chi connectivity index (χ3n) is 5.77. The SMILES string of the molecule is Cc1c(F)cc(C(=O)NC2CC2)cc1-c1ccc(C(=O)NCC(C)(C)C)cc1C(=O)Nc1nccs1. The third-order valence-corrected chi connectivity index (χ3v) is 6.46. The molecule has 1 aliphatic carbocycles. The Balaban J connectivity index is 1.76. The lowest BCUT2D eigenvalue weighted by atomic mass is 9.91. The van der Waals surface area contributed by atoms with Gasteiger partial charge in [-0.2, -0.15) is 0 Å². The first kappa shape index (κ1) is 25.5. The van der Waals surface area contributed by atoms with Crippen LogP contribution < -0.4 is 16.0 Å². The van der Waals surface area contributed by atoms with Gasteiger partial charge in [-0.25, -0.2) is 9.37 Å². The van der Waals surface area contributed by atoms with Crippen LogP contribution in [0.2, 0.25) is 0 Å². The molecule has 1 aromatic heterocycles. The molecular formula is C27H29FN4O3S. The van der Waals surface area contributed by atoms with E-state index in [-0.39, 0.29) is 34.4 Å². The average Bonchev–Trinajstić information content (AvgIpc) is 3.49. The van der Waals surface area contributed by atoms with Gasteiger partial charge in [-0.05, 0) is 66.1 Å². The van der Waals surface area contributed by atoms with Gasteiger partial charge in [-0.15, -0.1) is 11.3 Å². The van der Waals surface area contributed by atoms with Crippen LogP contribution in [0.1, 0.15) is 70.3 Å². The molecule has 1 aliphatic rings. The van der Waals surface area contributed by atoms with Gasteiger partial charge in [0.25, 0.3) is 17.7 Å². The fourth-order valence-corrected chi connectivity index (χ4v) is 4.12. The maximum atomic E-state index is 14.9. The number of hydrogen-bond acceptors (Lipinski definition) is 5. The van der Waals surface area contributed by atoms with Crippen molar-refractivity contribution in [3.05, 3.63) is 70.0 Å². The number of amides is 3. The second-order valence-electron chi connectivity index (χ2n) is 10.2. The maximum Gasteiger partial charge on any atom is 0.258 e. The number of hydrogen-bond donors (Lipinski definition) is 3. The Bertz CT molecular complexity index is 1310. The molecule has 36 heavy (non-hydrogen) atoms. The van der Waals surface area contributed by atoms with Crippen molar-refractivity contribution in [2.75, 3.05) is 11.9 Å². The van der Waals surface area contributed by atoms with Gasteiger partial charge in [0, 0.05) is 40.9 Å². The minimum atomic E-state index is -0.549. The average molecular weight is 509 g/mol. The molecule has 2 aromatic carbocycles. The van der Waals surface area contributed by atoms with Gasteiger partial charge in [0.1, 0.15) is 5.82 Å². The molecule has 1 heterocycles. The lowest BCUT2D eigenvalue weighted by molar-refractivity contribution is 0.0935. The number of nitrogens with one attached hydrogen (secondary N) is 3. The molecule has 0 saturated heterocycles. The van der Waals surface area contributed by atoms with Crippen molar-refractivity contribution in [2.24, 2.45) is 5.41 Å². The molecule has 1 fully saturated rings. The Labute approximate surface area is 213 Å². The van der Waals surface area contributed by atoms with Crippen LogP contribution in [-0.4, -0.2) is 35.3 Å². The van der Waals surface area contributed by atoms with E-state index >= 15 is 0 Å². The number of carbonyl (C=O) groups excluding carboxylic acids is 3. The molecule has 7 nitrogen and oxygen atoms in total. The Kier molecular flexibility index (Phi) is 7.21. The number of nitrogens with zero attached hydrogens (tertiary/aromatic N) is 1. The summed E-state index contributed by atoms with van der Waals surface area (Å²) in [6.45, 7) is 8.07. The van der Waals surface area contributed by atoms with Crippen molar-refractivity contribution in [3.8, 4) is 11.1 Å². The van der Waals surface area contributed by atoms with E-state index in [4.69, 9.17) is 0 Å². The van der Waals surface area contributed by atoms with E-state index in [1.54, 1.807) is 36.7 Å². The molecule has 0 unspecified atom stereocenters. The number of rotatable bonds is 7. The highest BCUT2D eigenvalue weighted by Gasteiger charge is 2.26. The van der Waals surface area contributed by atoms with Crippen LogP contribution in [0.5, 0.6) is 0 Å². The Morgan fingerprint density at radius 2 is 1.78 bits per heavy atom. The monoisotopic (exact) mass is 508 g/mol. The number of halogens is 1. The minimum Gasteiger partial charge on any atom is -0.352 e. The van der Waals surface area contributed by atoms with Gasteiger partial charge in [-0.1, -0.05) is 26.8 Å². The molecule has 4 rings (SSSR count). The van der Waals surface area contributed by atoms with Crippen molar-refractivity contribution in [1.82, 2.24) is 15.6 Å². The van der Waals surface area contributed by atoms with E-state index in [0.29, 0.717) is 33.9 Å². The molecule has 0 atom stereocenters. The summed E-state index contributed by atoms with van der Waals surface area (Å²) in [5, 5.41) is 10.6. The number of aromatic nitrogens is 1. The fraction of sp³-hybridized carbons (Fsp3) is 0.333. The molecule has 3 N–H and O–H groups in total. The van der Waals surface area contributed by atoms with E-state index < -0.39 is 11.7 Å². The summed E-state index contributed by atoms with van der Waals surface area (Å²) >= 11 is 1.26. The Hall–Kier alpha value is -3.59. The number of anilines is 1. The predicted molar refractivity (Wildman–Crippen MR) is 139 cm³/mol. The van der Waals surface area contributed by atoms with Crippen LogP contribution in [0.4, 0.5) is 9.52 Å². The van der Waals surface area contributed by atoms with E-state index in [0.717, 1.165) is 12.8 Å². The van der Waals surface area contributed by atoms with Crippen LogP contribution in [0, 0.1) is 18.2 Å². The molecule has 3 aromatic rings. The Morgan fingerprint density at radius 1 is 1.03 bits per heavy atom. The zero-order valence-corrected chi connectivity index (χ0v) is 21.5. The molecule has 0 aliphatic heterocycles. The number of benzene rings is 2. The predicted octanol–water partition coefficient (Wildman–Crippen LogP) is 5.18. The Morgan fingerprint density at radius 3 is 2.42 bits per heavy atom. The summed E-state index contributed by atoms with van der Waals surface area (Å²) in [5.74, 6) is -1.71. The summed E-state index contributed by atoms with van der Waals surface area (Å²) in [7, 11) is 0. The summed E-state index contributed by atoms with van der Waals surface area (Å²) in [5.41, 5.74) is 1.65. The largest absolute Gasteiger partial charge is 0.352 e. The van der Waals surface area contributed by atoms with Crippen LogP contribution >= 0.6 is 11.3 Å². The second kappa shape index (κ2) is 10.2. The number of carbonyl (C=O) groups is 3. The fourth-order valence-electron chi connectivity index (χ4n) is 3.59. The summed E-state index contributed by atoms with van der Waals surface area (Å²) in [6, 6.07) is 7.63. The summed E-state index contributed by atoms with van der Waals surface area (Å²) < 4.78 is 14.9. The lowest BCUT2D eigenvalue weighted by Crippen LogP contribution is -2.32. The maximum absolute atomic E-state index is 14.9.